The van der Waals surface area contributed by atoms with Gasteiger partial charge >= 0.3 is 0 Å². The van der Waals surface area contributed by atoms with Crippen LogP contribution >= 0.6 is 27.7 Å². The molecular formula is C15H10BrN5OS. The van der Waals surface area contributed by atoms with Crippen molar-refractivity contribution in [2.75, 3.05) is 0 Å². The Morgan fingerprint density at radius 2 is 1.91 bits per heavy atom. The lowest BCUT2D eigenvalue weighted by Gasteiger charge is -2.03. The molecule has 0 fully saturated rings. The molecular weight excluding hydrogens is 378 g/mol. The highest BCUT2D eigenvalue weighted by Crippen LogP contribution is 2.26. The molecule has 4 aromatic rings. The lowest BCUT2D eigenvalue weighted by atomic mass is 10.3. The molecule has 23 heavy (non-hydrogen) atoms. The van der Waals surface area contributed by atoms with Gasteiger partial charge < -0.3 is 4.42 Å². The van der Waals surface area contributed by atoms with Gasteiger partial charge in [0.1, 0.15) is 5.52 Å². The second-order valence-electron chi connectivity index (χ2n) is 4.72. The molecule has 0 radical (unpaired) electrons. The third-order valence-corrected chi connectivity index (χ3v) is 4.56. The van der Waals surface area contributed by atoms with Crippen molar-refractivity contribution in [3.63, 3.8) is 0 Å². The summed E-state index contributed by atoms with van der Waals surface area (Å²) in [4.78, 5) is 4.44. The van der Waals surface area contributed by atoms with Crippen LogP contribution in [0.5, 0.6) is 0 Å². The van der Waals surface area contributed by atoms with Gasteiger partial charge in [-0.1, -0.05) is 39.8 Å². The Kier molecular flexibility index (Phi) is 3.84. The second-order valence-corrected chi connectivity index (χ2v) is 6.56. The van der Waals surface area contributed by atoms with E-state index in [1.165, 1.54) is 11.8 Å². The molecule has 0 spiro atoms. The van der Waals surface area contributed by atoms with E-state index in [0.717, 1.165) is 27.1 Å². The number of benzene rings is 2. The molecule has 0 N–H and O–H groups in total. The lowest BCUT2D eigenvalue weighted by Crippen LogP contribution is -2.01. The lowest BCUT2D eigenvalue weighted by molar-refractivity contribution is 0.489. The van der Waals surface area contributed by atoms with Crippen molar-refractivity contribution in [3.05, 3.63) is 58.8 Å². The van der Waals surface area contributed by atoms with Gasteiger partial charge in [0, 0.05) is 4.47 Å². The Morgan fingerprint density at radius 1 is 1.09 bits per heavy atom. The summed E-state index contributed by atoms with van der Waals surface area (Å²) in [6.07, 6.45) is 0. The number of aromatic nitrogens is 5. The molecule has 2 aromatic heterocycles. The van der Waals surface area contributed by atoms with Gasteiger partial charge in [0.25, 0.3) is 5.22 Å². The molecule has 0 saturated carbocycles. The molecule has 0 amide bonds. The zero-order chi connectivity index (χ0) is 15.6. The normalized spacial score (nSPS) is 11.2. The molecule has 0 unspecified atom stereocenters. The first-order chi connectivity index (χ1) is 11.3. The van der Waals surface area contributed by atoms with E-state index < -0.39 is 0 Å². The van der Waals surface area contributed by atoms with Crippen molar-refractivity contribution in [3.8, 4) is 5.69 Å². The monoisotopic (exact) mass is 387 g/mol. The smallest absolute Gasteiger partial charge is 0.257 e. The predicted octanol–water partition coefficient (Wildman–Crippen LogP) is 3.86. The van der Waals surface area contributed by atoms with Gasteiger partial charge in [-0.3, -0.25) is 0 Å². The summed E-state index contributed by atoms with van der Waals surface area (Å²) in [5.41, 5.74) is 2.54. The summed E-state index contributed by atoms with van der Waals surface area (Å²) in [5, 5.41) is 12.5. The summed E-state index contributed by atoms with van der Waals surface area (Å²) in [6, 6.07) is 15.5. The number of tetrazole rings is 1. The molecule has 2 aromatic carbocycles. The minimum absolute atomic E-state index is 0.565. The van der Waals surface area contributed by atoms with E-state index in [4.69, 9.17) is 4.42 Å². The maximum Gasteiger partial charge on any atom is 0.257 e. The van der Waals surface area contributed by atoms with Gasteiger partial charge in [-0.25, -0.2) is 4.98 Å². The Hall–Kier alpha value is -2.19. The van der Waals surface area contributed by atoms with Crippen LogP contribution in [0.4, 0.5) is 0 Å². The number of thioether (sulfide) groups is 1. The first kappa shape index (κ1) is 14.4. The standard InChI is InChI=1S/C15H10BrN5OS/c16-10-5-7-11(8-6-10)21-14(18-19-20-21)9-23-15-17-12-3-1-2-4-13(12)22-15/h1-8H,9H2. The molecule has 0 bridgehead atoms. The van der Waals surface area contributed by atoms with E-state index >= 15 is 0 Å². The number of fused-ring (bicyclic) bond motifs is 1. The first-order valence-electron chi connectivity index (χ1n) is 6.81. The molecule has 0 aliphatic rings. The molecule has 114 valence electrons. The number of hydrogen-bond donors (Lipinski definition) is 0. The van der Waals surface area contributed by atoms with Crippen LogP contribution in [-0.4, -0.2) is 25.2 Å². The van der Waals surface area contributed by atoms with E-state index in [-0.39, 0.29) is 0 Å². The number of oxazole rings is 1. The molecule has 2 heterocycles. The average molecular weight is 388 g/mol. The quantitative estimate of drug-likeness (QED) is 0.495. The molecule has 4 rings (SSSR count). The number of hydrogen-bond acceptors (Lipinski definition) is 6. The summed E-state index contributed by atoms with van der Waals surface area (Å²) in [6.45, 7) is 0. The van der Waals surface area contributed by atoms with Crippen molar-refractivity contribution in [1.29, 1.82) is 0 Å². The Balaban J connectivity index is 1.55. The molecule has 6 nitrogen and oxygen atoms in total. The largest absolute Gasteiger partial charge is 0.431 e. The maximum absolute atomic E-state index is 5.70. The minimum atomic E-state index is 0.565. The highest BCUT2D eigenvalue weighted by Gasteiger charge is 2.12. The van der Waals surface area contributed by atoms with E-state index in [9.17, 15) is 0 Å². The molecule has 0 aliphatic heterocycles. The van der Waals surface area contributed by atoms with Gasteiger partial charge in [-0.15, -0.1) is 5.10 Å². The summed E-state index contributed by atoms with van der Waals surface area (Å²) in [5.74, 6) is 1.30. The average Bonchev–Trinajstić information content (AvgIpc) is 3.19. The number of nitrogens with zero attached hydrogens (tertiary/aromatic N) is 5. The van der Waals surface area contributed by atoms with Crippen molar-refractivity contribution >= 4 is 38.8 Å². The van der Waals surface area contributed by atoms with E-state index in [1.807, 2.05) is 48.5 Å². The Labute approximate surface area is 144 Å². The maximum atomic E-state index is 5.70. The van der Waals surface area contributed by atoms with Crippen molar-refractivity contribution in [2.24, 2.45) is 0 Å². The number of para-hydroxylation sites is 2. The second kappa shape index (κ2) is 6.13. The topological polar surface area (TPSA) is 69.6 Å². The van der Waals surface area contributed by atoms with E-state index in [2.05, 4.69) is 36.4 Å². The highest BCUT2D eigenvalue weighted by molar-refractivity contribution is 9.10. The third kappa shape index (κ3) is 2.99. The zero-order valence-electron chi connectivity index (χ0n) is 11.8. The molecule has 0 aliphatic carbocycles. The first-order valence-corrected chi connectivity index (χ1v) is 8.59. The van der Waals surface area contributed by atoms with E-state index in [0.29, 0.717) is 11.0 Å². The van der Waals surface area contributed by atoms with Crippen LogP contribution in [0.1, 0.15) is 5.82 Å². The molecule has 8 heteroatoms. The van der Waals surface area contributed by atoms with Gasteiger partial charge in [-0.05, 0) is 46.8 Å². The van der Waals surface area contributed by atoms with Crippen LogP contribution in [0.3, 0.4) is 0 Å². The van der Waals surface area contributed by atoms with Crippen molar-refractivity contribution in [1.82, 2.24) is 25.2 Å². The van der Waals surface area contributed by atoms with E-state index in [1.54, 1.807) is 4.68 Å². The van der Waals surface area contributed by atoms with Crippen LogP contribution in [0.2, 0.25) is 0 Å². The fourth-order valence-corrected chi connectivity index (χ4v) is 3.13. The molecule has 0 saturated heterocycles. The van der Waals surface area contributed by atoms with Gasteiger partial charge in [0.15, 0.2) is 11.4 Å². The van der Waals surface area contributed by atoms with Crippen molar-refractivity contribution < 1.29 is 4.42 Å². The fourth-order valence-electron chi connectivity index (χ4n) is 2.12. The number of rotatable bonds is 4. The van der Waals surface area contributed by atoms with Crippen LogP contribution in [0.25, 0.3) is 16.8 Å². The SMILES string of the molecule is Brc1ccc(-n2nnnc2CSc2nc3ccccc3o2)cc1. The predicted molar refractivity (Wildman–Crippen MR) is 90.4 cm³/mol. The van der Waals surface area contributed by atoms with Crippen LogP contribution in [-0.2, 0) is 5.75 Å². The zero-order valence-corrected chi connectivity index (χ0v) is 14.2. The van der Waals surface area contributed by atoms with Crippen LogP contribution in [0.15, 0.2) is 62.6 Å². The Morgan fingerprint density at radius 3 is 2.74 bits per heavy atom. The minimum Gasteiger partial charge on any atom is -0.431 e. The summed E-state index contributed by atoms with van der Waals surface area (Å²) in [7, 11) is 0. The van der Waals surface area contributed by atoms with Gasteiger partial charge in [0.05, 0.1) is 11.4 Å². The summed E-state index contributed by atoms with van der Waals surface area (Å²) >= 11 is 4.89. The Bertz CT molecular complexity index is 917. The fraction of sp³-hybridized carbons (Fsp3) is 0.0667. The van der Waals surface area contributed by atoms with Gasteiger partial charge in [0.2, 0.25) is 0 Å². The van der Waals surface area contributed by atoms with Crippen LogP contribution < -0.4 is 0 Å². The summed E-state index contributed by atoms with van der Waals surface area (Å²) < 4.78 is 8.42. The number of halogens is 1. The van der Waals surface area contributed by atoms with Crippen LogP contribution in [0, 0.1) is 0 Å². The third-order valence-electron chi connectivity index (χ3n) is 3.20. The van der Waals surface area contributed by atoms with Gasteiger partial charge in [-0.2, -0.15) is 4.68 Å². The molecule has 0 atom stereocenters. The van der Waals surface area contributed by atoms with Crippen molar-refractivity contribution in [2.45, 2.75) is 11.0 Å². The highest BCUT2D eigenvalue weighted by atomic mass is 79.9.